The minimum Gasteiger partial charge on any atom is -0.383 e. The predicted molar refractivity (Wildman–Crippen MR) is 47.9 cm³/mol. The van der Waals surface area contributed by atoms with Gasteiger partial charge in [-0.1, -0.05) is 13.8 Å². The van der Waals surface area contributed by atoms with Gasteiger partial charge in [0.15, 0.2) is 0 Å². The van der Waals surface area contributed by atoms with Gasteiger partial charge in [-0.3, -0.25) is 0 Å². The van der Waals surface area contributed by atoms with Gasteiger partial charge in [0.05, 0.1) is 0 Å². The molecule has 0 saturated carbocycles. The second kappa shape index (κ2) is 5.41. The molecule has 0 saturated heterocycles. The number of hydrogen-bond acceptors (Lipinski definition) is 3. The van der Waals surface area contributed by atoms with Crippen LogP contribution in [-0.2, 0) is 0 Å². The maximum Gasteiger partial charge on any atom is 0.132 e. The van der Waals surface area contributed by atoms with Crippen LogP contribution in [0.3, 0.4) is 0 Å². The van der Waals surface area contributed by atoms with Gasteiger partial charge in [-0.25, -0.2) is 4.98 Å². The van der Waals surface area contributed by atoms with E-state index in [2.05, 4.69) is 4.98 Å². The lowest BCUT2D eigenvalue weighted by atomic mass is 10.3. The molecule has 0 fully saturated rings. The van der Waals surface area contributed by atoms with Crippen LogP contribution in [0.25, 0.3) is 0 Å². The van der Waals surface area contributed by atoms with Crippen molar-refractivity contribution in [3.05, 3.63) is 23.9 Å². The predicted octanol–water partition coefficient (Wildman–Crippen LogP) is 1.69. The van der Waals surface area contributed by atoms with E-state index >= 15 is 0 Å². The third-order valence-electron chi connectivity index (χ3n) is 1.03. The van der Waals surface area contributed by atoms with Gasteiger partial charge in [0.1, 0.15) is 5.82 Å². The van der Waals surface area contributed by atoms with E-state index in [1.54, 1.807) is 18.3 Å². The summed E-state index contributed by atoms with van der Waals surface area (Å²) in [6.45, 7) is 4.00. The smallest absolute Gasteiger partial charge is 0.132 e. The molecular weight excluding hydrogens is 138 g/mol. The Kier molecular flexibility index (Phi) is 4.73. The van der Waals surface area contributed by atoms with Crippen molar-refractivity contribution in [2.24, 2.45) is 0 Å². The van der Waals surface area contributed by atoms with Gasteiger partial charge in [0.2, 0.25) is 0 Å². The van der Waals surface area contributed by atoms with Crippen LogP contribution in [0.2, 0.25) is 0 Å². The van der Waals surface area contributed by atoms with Crippen LogP contribution >= 0.6 is 0 Å². The molecule has 0 bridgehead atoms. The van der Waals surface area contributed by atoms with Crippen LogP contribution in [0.1, 0.15) is 19.4 Å². The van der Waals surface area contributed by atoms with E-state index < -0.39 is 0 Å². The first-order valence-electron chi connectivity index (χ1n) is 3.55. The number of nitrogens with zero attached hydrogens (tertiary/aromatic N) is 1. The highest BCUT2D eigenvalue weighted by Gasteiger charge is 1.90. The van der Waals surface area contributed by atoms with Crippen LogP contribution in [0.4, 0.5) is 5.82 Å². The first-order valence-corrected chi connectivity index (χ1v) is 3.55. The number of hydrogen-bond donors (Lipinski definition) is 2. The Bertz CT molecular complexity index is 220. The topological polar surface area (TPSA) is 62.8 Å². The van der Waals surface area contributed by atoms with Crippen molar-refractivity contribution >= 4 is 12.0 Å². The van der Waals surface area contributed by atoms with Crippen molar-refractivity contribution in [1.29, 1.82) is 5.41 Å². The monoisotopic (exact) mass is 151 g/mol. The highest BCUT2D eigenvalue weighted by molar-refractivity contribution is 5.82. The van der Waals surface area contributed by atoms with E-state index in [1.165, 1.54) is 6.21 Å². The third kappa shape index (κ3) is 2.80. The van der Waals surface area contributed by atoms with Gasteiger partial charge in [-0.2, -0.15) is 0 Å². The molecule has 0 aliphatic carbocycles. The average Bonchev–Trinajstić information content (AvgIpc) is 2.09. The van der Waals surface area contributed by atoms with Gasteiger partial charge in [-0.05, 0) is 12.1 Å². The Labute approximate surface area is 66.8 Å². The summed E-state index contributed by atoms with van der Waals surface area (Å²) in [6, 6.07) is 3.49. The number of aromatic nitrogens is 1. The maximum absolute atomic E-state index is 6.84. The number of rotatable bonds is 1. The average molecular weight is 151 g/mol. The molecule has 0 aliphatic heterocycles. The van der Waals surface area contributed by atoms with E-state index in [9.17, 15) is 0 Å². The standard InChI is InChI=1S/C6H7N3.C2H6/c7-4-5-2-1-3-9-6(5)8;1-2/h1-4,7H,(H2,8,9);1-2H3. The molecule has 0 unspecified atom stereocenters. The normalized spacial score (nSPS) is 7.82. The van der Waals surface area contributed by atoms with Gasteiger partial charge in [0, 0.05) is 18.0 Å². The lowest BCUT2D eigenvalue weighted by Gasteiger charge is -1.93. The fraction of sp³-hybridized carbons (Fsp3) is 0.250. The molecule has 0 atom stereocenters. The zero-order valence-corrected chi connectivity index (χ0v) is 6.83. The lowest BCUT2D eigenvalue weighted by Crippen LogP contribution is -1.94. The Balaban J connectivity index is 0.000000461. The summed E-state index contributed by atoms with van der Waals surface area (Å²) < 4.78 is 0. The van der Waals surface area contributed by atoms with Gasteiger partial charge in [0.25, 0.3) is 0 Å². The lowest BCUT2D eigenvalue weighted by molar-refractivity contribution is 1.32. The second-order valence-corrected chi connectivity index (χ2v) is 1.62. The molecule has 0 amide bonds. The van der Waals surface area contributed by atoms with Gasteiger partial charge in [-0.15, -0.1) is 0 Å². The Morgan fingerprint density at radius 1 is 1.55 bits per heavy atom. The molecule has 0 spiro atoms. The number of anilines is 1. The van der Waals surface area contributed by atoms with E-state index in [4.69, 9.17) is 11.1 Å². The molecule has 1 aromatic rings. The van der Waals surface area contributed by atoms with Crippen molar-refractivity contribution in [3.63, 3.8) is 0 Å². The summed E-state index contributed by atoms with van der Waals surface area (Å²) in [7, 11) is 0. The summed E-state index contributed by atoms with van der Waals surface area (Å²) in [4.78, 5) is 3.78. The van der Waals surface area contributed by atoms with Crippen molar-refractivity contribution in [1.82, 2.24) is 4.98 Å². The maximum atomic E-state index is 6.84. The molecule has 3 nitrogen and oxygen atoms in total. The second-order valence-electron chi connectivity index (χ2n) is 1.62. The largest absolute Gasteiger partial charge is 0.383 e. The molecule has 1 rings (SSSR count). The number of nitrogens with two attached hydrogens (primary N) is 1. The molecule has 0 aliphatic rings. The molecule has 1 aromatic heterocycles. The number of nitrogen functional groups attached to an aromatic ring is 1. The molecule has 0 aromatic carbocycles. The summed E-state index contributed by atoms with van der Waals surface area (Å²) in [6.07, 6.45) is 2.78. The van der Waals surface area contributed by atoms with E-state index in [0.717, 1.165) is 0 Å². The van der Waals surface area contributed by atoms with E-state index in [1.807, 2.05) is 13.8 Å². The van der Waals surface area contributed by atoms with Crippen LogP contribution in [-0.4, -0.2) is 11.2 Å². The highest BCUT2D eigenvalue weighted by atomic mass is 14.8. The quantitative estimate of drug-likeness (QED) is 0.600. The van der Waals surface area contributed by atoms with Crippen LogP contribution in [0, 0.1) is 5.41 Å². The van der Waals surface area contributed by atoms with E-state index in [0.29, 0.717) is 11.4 Å². The Hall–Kier alpha value is -1.38. The summed E-state index contributed by atoms with van der Waals surface area (Å²) >= 11 is 0. The fourth-order valence-electron chi connectivity index (χ4n) is 0.552. The summed E-state index contributed by atoms with van der Waals surface area (Å²) in [5, 5.41) is 6.84. The van der Waals surface area contributed by atoms with Crippen LogP contribution in [0.15, 0.2) is 18.3 Å². The first-order chi connectivity index (χ1) is 5.34. The Morgan fingerprint density at radius 2 is 2.18 bits per heavy atom. The summed E-state index contributed by atoms with van der Waals surface area (Å²) in [5.41, 5.74) is 6.03. The van der Waals surface area contributed by atoms with E-state index in [-0.39, 0.29) is 0 Å². The minimum atomic E-state index is 0.410. The third-order valence-corrected chi connectivity index (χ3v) is 1.03. The van der Waals surface area contributed by atoms with Crippen LogP contribution < -0.4 is 5.73 Å². The molecule has 3 N–H and O–H groups in total. The van der Waals surface area contributed by atoms with Gasteiger partial charge < -0.3 is 11.1 Å². The van der Waals surface area contributed by atoms with Crippen LogP contribution in [0.5, 0.6) is 0 Å². The SMILES string of the molecule is CC.N=Cc1cccnc1N. The first kappa shape index (κ1) is 9.62. The van der Waals surface area contributed by atoms with Crippen molar-refractivity contribution in [2.75, 3.05) is 5.73 Å². The molecule has 3 heteroatoms. The molecule has 0 radical (unpaired) electrons. The summed E-state index contributed by atoms with van der Waals surface area (Å²) in [5.74, 6) is 0.410. The van der Waals surface area contributed by atoms with Gasteiger partial charge >= 0.3 is 0 Å². The minimum absolute atomic E-state index is 0.410. The fourth-order valence-corrected chi connectivity index (χ4v) is 0.552. The molecule has 11 heavy (non-hydrogen) atoms. The zero-order valence-electron chi connectivity index (χ0n) is 6.83. The molecule has 60 valence electrons. The number of nitrogens with one attached hydrogen (secondary N) is 1. The van der Waals surface area contributed by atoms with Crippen molar-refractivity contribution in [3.8, 4) is 0 Å². The Morgan fingerprint density at radius 3 is 2.55 bits per heavy atom. The number of pyridine rings is 1. The zero-order chi connectivity index (χ0) is 8.69. The van der Waals surface area contributed by atoms with Crippen molar-refractivity contribution in [2.45, 2.75) is 13.8 Å². The highest BCUT2D eigenvalue weighted by Crippen LogP contribution is 2.01. The van der Waals surface area contributed by atoms with Crippen molar-refractivity contribution < 1.29 is 0 Å². The molecular formula is C8H13N3. The molecule has 1 heterocycles.